The molecule has 10 heavy (non-hydrogen) atoms. The minimum absolute atomic E-state index is 0.459. The lowest BCUT2D eigenvalue weighted by Gasteiger charge is -2.17. The zero-order chi connectivity index (χ0) is 7.40. The molecule has 0 heterocycles. The van der Waals surface area contributed by atoms with Crippen LogP contribution in [0.4, 0.5) is 5.69 Å². The lowest BCUT2D eigenvalue weighted by atomic mass is 10.3. The summed E-state index contributed by atoms with van der Waals surface area (Å²) in [5.41, 5.74) is 3.69. The molecule has 0 amide bonds. The molecule has 3 nitrogen and oxygen atoms in total. The highest BCUT2D eigenvalue weighted by Gasteiger charge is 1.94. The van der Waals surface area contributed by atoms with E-state index < -0.39 is 0 Å². The summed E-state index contributed by atoms with van der Waals surface area (Å²) >= 11 is 0. The Morgan fingerprint density at radius 2 is 1.90 bits per heavy atom. The fourth-order valence-electron chi connectivity index (χ4n) is 0.749. The maximum Gasteiger partial charge on any atom is 0.140 e. The topological polar surface area (TPSA) is 40.3 Å². The predicted molar refractivity (Wildman–Crippen MR) is 40.4 cm³/mol. The van der Waals surface area contributed by atoms with Crippen LogP contribution in [0, 0.1) is 0 Å². The van der Waals surface area contributed by atoms with E-state index in [0.29, 0.717) is 5.12 Å². The third-order valence-electron chi connectivity index (χ3n) is 1.31. The summed E-state index contributed by atoms with van der Waals surface area (Å²) in [6.45, 7) is 0. The second kappa shape index (κ2) is 3.31. The van der Waals surface area contributed by atoms with Crippen LogP contribution in [0.3, 0.4) is 0 Å². The third kappa shape index (κ3) is 1.54. The van der Waals surface area contributed by atoms with Gasteiger partial charge in [0.15, 0.2) is 0 Å². The largest absolute Gasteiger partial charge is 0.443 e. The fraction of sp³-hybridized carbons (Fsp3) is 0.143. The Hall–Kier alpha value is -0.900. The zero-order valence-electron chi connectivity index (χ0n) is 5.89. The van der Waals surface area contributed by atoms with Gasteiger partial charge in [0.25, 0.3) is 0 Å². The molecule has 0 aliphatic heterocycles. The van der Waals surface area contributed by atoms with Gasteiger partial charge in [-0.1, -0.05) is 18.2 Å². The number of benzene rings is 1. The third-order valence-corrected chi connectivity index (χ3v) is 1.31. The first-order chi connectivity index (χ1) is 4.84. The lowest BCUT2D eigenvalue weighted by molar-refractivity contribution is -0.825. The summed E-state index contributed by atoms with van der Waals surface area (Å²) in [6, 6.07) is 9.58. The number of para-hydroxylation sites is 1. The Labute approximate surface area is 60.4 Å². The zero-order valence-corrected chi connectivity index (χ0v) is 5.89. The number of rotatable bonds is 2. The highest BCUT2D eigenvalue weighted by molar-refractivity contribution is 5.27. The lowest BCUT2D eigenvalue weighted by Crippen LogP contribution is -3.07. The average Bonchev–Trinajstić information content (AvgIpc) is 2.05. The molecule has 0 radical (unpaired) electrons. The Kier molecular flexibility index (Phi) is 2.39. The molecule has 1 rings (SSSR count). The Morgan fingerprint density at radius 1 is 1.30 bits per heavy atom. The summed E-state index contributed by atoms with van der Waals surface area (Å²) in [6.07, 6.45) is 0. The van der Waals surface area contributed by atoms with Crippen molar-refractivity contribution in [2.45, 2.75) is 0 Å². The Bertz CT molecular complexity index is 185. The van der Waals surface area contributed by atoms with Crippen LogP contribution in [0.2, 0.25) is 0 Å². The minimum atomic E-state index is 0.459. The molecule has 0 aliphatic rings. The van der Waals surface area contributed by atoms with Crippen molar-refractivity contribution in [1.82, 2.24) is 5.43 Å². The quantitative estimate of drug-likeness (QED) is 0.566. The Morgan fingerprint density at radius 3 is 2.40 bits per heavy atom. The minimum Gasteiger partial charge on any atom is -0.443 e. The summed E-state index contributed by atoms with van der Waals surface area (Å²) < 4.78 is 0. The first kappa shape index (κ1) is 7.21. The van der Waals surface area contributed by atoms with Crippen molar-refractivity contribution < 1.29 is 5.12 Å². The van der Waals surface area contributed by atoms with Gasteiger partial charge in [-0.2, -0.15) is 5.43 Å². The average molecular weight is 137 g/mol. The first-order valence-corrected chi connectivity index (χ1v) is 3.16. The van der Waals surface area contributed by atoms with Gasteiger partial charge in [0.2, 0.25) is 0 Å². The number of nitrogens with one attached hydrogen (secondary N) is 3. The van der Waals surface area contributed by atoms with E-state index in [9.17, 15) is 0 Å². The molecule has 0 saturated carbocycles. The predicted octanol–water partition coefficient (Wildman–Crippen LogP) is 0.305. The van der Waals surface area contributed by atoms with Crippen molar-refractivity contribution in [2.75, 3.05) is 7.05 Å². The molecule has 1 unspecified atom stereocenters. The molecule has 3 N–H and O–H groups in total. The fourth-order valence-corrected chi connectivity index (χ4v) is 0.749. The van der Waals surface area contributed by atoms with Crippen LogP contribution >= 0.6 is 0 Å². The van der Waals surface area contributed by atoms with Gasteiger partial charge in [0, 0.05) is 19.2 Å². The van der Waals surface area contributed by atoms with Crippen LogP contribution in [-0.4, -0.2) is 7.05 Å². The standard InChI is InChI=1S/C7H11N3/c1-9-10(8)7-5-3-2-4-6-7/h2-6,8-10H,1H3. The van der Waals surface area contributed by atoms with E-state index in [4.69, 9.17) is 5.84 Å². The van der Waals surface area contributed by atoms with E-state index >= 15 is 0 Å². The molecule has 0 aromatic heterocycles. The molecule has 1 aromatic rings. The van der Waals surface area contributed by atoms with E-state index in [0.717, 1.165) is 5.69 Å². The van der Waals surface area contributed by atoms with E-state index in [-0.39, 0.29) is 0 Å². The molecule has 3 heteroatoms. The second-order valence-electron chi connectivity index (χ2n) is 1.99. The molecule has 1 atom stereocenters. The molecular formula is C7H11N3. The molecule has 0 aliphatic carbocycles. The number of hydrogen-bond donors (Lipinski definition) is 2. The van der Waals surface area contributed by atoms with E-state index in [1.54, 1.807) is 7.05 Å². The van der Waals surface area contributed by atoms with Crippen molar-refractivity contribution >= 4 is 5.69 Å². The van der Waals surface area contributed by atoms with E-state index in [2.05, 4.69) is 5.43 Å². The van der Waals surface area contributed by atoms with Crippen molar-refractivity contribution in [3.8, 4) is 0 Å². The molecule has 54 valence electrons. The highest BCUT2D eigenvalue weighted by atomic mass is 15.7. The monoisotopic (exact) mass is 137 g/mol. The van der Waals surface area contributed by atoms with Gasteiger partial charge in [-0.15, -0.1) is 0 Å². The van der Waals surface area contributed by atoms with Gasteiger partial charge in [-0.3, -0.25) is 5.12 Å². The smallest absolute Gasteiger partial charge is 0.140 e. The Balaban J connectivity index is 2.75. The summed E-state index contributed by atoms with van der Waals surface area (Å²) in [5, 5.41) is 0.459. The number of hydrogen-bond acceptors (Lipinski definition) is 1. The van der Waals surface area contributed by atoms with E-state index in [1.807, 2.05) is 30.3 Å². The second-order valence-corrected chi connectivity index (χ2v) is 1.99. The van der Waals surface area contributed by atoms with Gasteiger partial charge in [0.05, 0.1) is 0 Å². The van der Waals surface area contributed by atoms with Crippen LogP contribution in [0.25, 0.3) is 5.84 Å². The molecule has 1 aromatic carbocycles. The van der Waals surface area contributed by atoms with Crippen LogP contribution < -0.4 is 10.5 Å². The molecular weight excluding hydrogens is 126 g/mol. The summed E-state index contributed by atoms with van der Waals surface area (Å²) in [4.78, 5) is 0. The summed E-state index contributed by atoms with van der Waals surface area (Å²) in [7, 11) is 1.75. The normalized spacial score (nSPS) is 13.0. The summed E-state index contributed by atoms with van der Waals surface area (Å²) in [5.74, 6) is 7.37. The molecule has 0 fully saturated rings. The van der Waals surface area contributed by atoms with Gasteiger partial charge >= 0.3 is 0 Å². The van der Waals surface area contributed by atoms with Crippen LogP contribution in [0.15, 0.2) is 30.3 Å². The van der Waals surface area contributed by atoms with Gasteiger partial charge in [-0.05, 0) is 0 Å². The maximum atomic E-state index is 7.37. The van der Waals surface area contributed by atoms with Crippen molar-refractivity contribution in [2.24, 2.45) is 0 Å². The number of quaternary nitrogens is 1. The van der Waals surface area contributed by atoms with Gasteiger partial charge < -0.3 is 5.84 Å². The van der Waals surface area contributed by atoms with Crippen molar-refractivity contribution in [1.29, 1.82) is 0 Å². The van der Waals surface area contributed by atoms with Crippen LogP contribution in [-0.2, 0) is 0 Å². The van der Waals surface area contributed by atoms with E-state index in [1.165, 1.54) is 0 Å². The molecule has 0 spiro atoms. The van der Waals surface area contributed by atoms with Crippen molar-refractivity contribution in [3.63, 3.8) is 0 Å². The van der Waals surface area contributed by atoms with Crippen LogP contribution in [0.1, 0.15) is 0 Å². The van der Waals surface area contributed by atoms with Gasteiger partial charge in [0.1, 0.15) is 5.69 Å². The molecule has 0 saturated heterocycles. The highest BCUT2D eigenvalue weighted by Crippen LogP contribution is 1.96. The van der Waals surface area contributed by atoms with Crippen LogP contribution in [0.5, 0.6) is 0 Å². The maximum absolute atomic E-state index is 7.37. The van der Waals surface area contributed by atoms with Gasteiger partial charge in [-0.25, -0.2) is 0 Å². The van der Waals surface area contributed by atoms with Crippen molar-refractivity contribution in [3.05, 3.63) is 36.2 Å². The molecule has 0 bridgehead atoms. The first-order valence-electron chi connectivity index (χ1n) is 3.16. The SMILES string of the molecule is CN[NH+]([NH-])c1ccccc1.